The number of amides is 1. The van der Waals surface area contributed by atoms with Gasteiger partial charge in [0.1, 0.15) is 29.4 Å². The third kappa shape index (κ3) is 4.32. The number of hydrogen-bond acceptors (Lipinski definition) is 5. The lowest BCUT2D eigenvalue weighted by Gasteiger charge is -2.09. The van der Waals surface area contributed by atoms with E-state index in [1.54, 1.807) is 42.5 Å². The average Bonchev–Trinajstić information content (AvgIpc) is 2.66. The third-order valence-corrected chi connectivity index (χ3v) is 3.46. The Kier molecular flexibility index (Phi) is 5.38. The van der Waals surface area contributed by atoms with Crippen LogP contribution in [0.2, 0.25) is 0 Å². The van der Waals surface area contributed by atoms with Crippen LogP contribution in [-0.4, -0.2) is 22.5 Å². The highest BCUT2D eigenvalue weighted by Gasteiger charge is 2.10. The maximum absolute atomic E-state index is 13.7. The summed E-state index contributed by atoms with van der Waals surface area (Å²) < 4.78 is 19.1. The van der Waals surface area contributed by atoms with Crippen molar-refractivity contribution in [3.8, 4) is 5.75 Å². The molecule has 0 saturated carbocycles. The molecule has 0 unspecified atom stereocenters. The van der Waals surface area contributed by atoms with E-state index >= 15 is 0 Å². The molecule has 0 aliphatic rings. The quantitative estimate of drug-likeness (QED) is 0.701. The van der Waals surface area contributed by atoms with Crippen molar-refractivity contribution in [1.82, 2.24) is 9.97 Å². The molecule has 26 heavy (non-hydrogen) atoms. The molecule has 1 amide bonds. The summed E-state index contributed by atoms with van der Waals surface area (Å²) in [4.78, 5) is 20.3. The minimum atomic E-state index is -0.411. The van der Waals surface area contributed by atoms with Crippen molar-refractivity contribution >= 4 is 23.1 Å². The van der Waals surface area contributed by atoms with E-state index < -0.39 is 11.7 Å². The Bertz CT molecular complexity index is 900. The van der Waals surface area contributed by atoms with Crippen molar-refractivity contribution < 1.29 is 13.9 Å². The van der Waals surface area contributed by atoms with Crippen molar-refractivity contribution in [2.45, 2.75) is 6.92 Å². The van der Waals surface area contributed by atoms with Crippen molar-refractivity contribution in [1.29, 1.82) is 0 Å². The number of halogens is 1. The number of ether oxygens (including phenoxy) is 1. The zero-order chi connectivity index (χ0) is 18.4. The number of hydrogen-bond donors (Lipinski definition) is 2. The van der Waals surface area contributed by atoms with Gasteiger partial charge < -0.3 is 15.4 Å². The fourth-order valence-electron chi connectivity index (χ4n) is 2.25. The van der Waals surface area contributed by atoms with Gasteiger partial charge in [-0.25, -0.2) is 14.4 Å². The predicted molar refractivity (Wildman–Crippen MR) is 97.3 cm³/mol. The van der Waals surface area contributed by atoms with E-state index in [1.807, 2.05) is 6.92 Å². The van der Waals surface area contributed by atoms with Crippen LogP contribution in [0.25, 0.3) is 0 Å². The SMILES string of the molecule is CCOc1ccc(NC(=O)c2cc(Nc3ccccc3F)ncn2)cc1. The number of anilines is 3. The Morgan fingerprint density at radius 2 is 1.88 bits per heavy atom. The first kappa shape index (κ1) is 17.3. The maximum Gasteiger partial charge on any atom is 0.274 e. The molecule has 3 rings (SSSR count). The molecule has 7 heteroatoms. The summed E-state index contributed by atoms with van der Waals surface area (Å²) in [5, 5.41) is 5.57. The topological polar surface area (TPSA) is 76.1 Å². The van der Waals surface area contributed by atoms with Gasteiger partial charge in [-0.3, -0.25) is 4.79 Å². The largest absolute Gasteiger partial charge is 0.494 e. The third-order valence-electron chi connectivity index (χ3n) is 3.46. The van der Waals surface area contributed by atoms with E-state index in [1.165, 1.54) is 18.5 Å². The van der Waals surface area contributed by atoms with Crippen LogP contribution in [0, 0.1) is 5.82 Å². The smallest absolute Gasteiger partial charge is 0.274 e. The Morgan fingerprint density at radius 3 is 2.62 bits per heavy atom. The molecule has 1 heterocycles. The van der Waals surface area contributed by atoms with Gasteiger partial charge in [-0.2, -0.15) is 0 Å². The van der Waals surface area contributed by atoms with E-state index in [4.69, 9.17) is 4.74 Å². The lowest BCUT2D eigenvalue weighted by molar-refractivity contribution is 0.102. The van der Waals surface area contributed by atoms with Crippen LogP contribution in [0.4, 0.5) is 21.6 Å². The highest BCUT2D eigenvalue weighted by molar-refractivity contribution is 6.03. The number of para-hydroxylation sites is 1. The van der Waals surface area contributed by atoms with Crippen LogP contribution in [0.3, 0.4) is 0 Å². The normalized spacial score (nSPS) is 10.2. The van der Waals surface area contributed by atoms with E-state index in [0.29, 0.717) is 18.1 Å². The Labute approximate surface area is 150 Å². The minimum absolute atomic E-state index is 0.160. The number of benzene rings is 2. The second kappa shape index (κ2) is 8.06. The summed E-state index contributed by atoms with van der Waals surface area (Å²) in [7, 11) is 0. The predicted octanol–water partition coefficient (Wildman–Crippen LogP) is 4.01. The van der Waals surface area contributed by atoms with Crippen LogP contribution >= 0.6 is 0 Å². The zero-order valence-electron chi connectivity index (χ0n) is 14.1. The fraction of sp³-hybridized carbons (Fsp3) is 0.105. The molecule has 0 bridgehead atoms. The van der Waals surface area contributed by atoms with Crippen LogP contribution < -0.4 is 15.4 Å². The van der Waals surface area contributed by atoms with Gasteiger partial charge in [-0.15, -0.1) is 0 Å². The summed E-state index contributed by atoms with van der Waals surface area (Å²) in [5.74, 6) is 0.241. The maximum atomic E-state index is 13.7. The van der Waals surface area contributed by atoms with Crippen LogP contribution in [0.15, 0.2) is 60.9 Å². The molecule has 0 atom stereocenters. The van der Waals surface area contributed by atoms with Gasteiger partial charge in [0.25, 0.3) is 5.91 Å². The van der Waals surface area contributed by atoms with Crippen molar-refractivity contribution in [2.24, 2.45) is 0 Å². The van der Waals surface area contributed by atoms with Crippen LogP contribution in [0.1, 0.15) is 17.4 Å². The molecule has 1 aromatic heterocycles. The van der Waals surface area contributed by atoms with Gasteiger partial charge in [0.15, 0.2) is 0 Å². The summed E-state index contributed by atoms with van der Waals surface area (Å²) >= 11 is 0. The molecule has 3 aromatic rings. The molecule has 0 aliphatic heterocycles. The number of carbonyl (C=O) groups is 1. The molecule has 132 valence electrons. The molecule has 0 radical (unpaired) electrons. The zero-order valence-corrected chi connectivity index (χ0v) is 14.1. The second-order valence-electron chi connectivity index (χ2n) is 5.30. The molecule has 0 saturated heterocycles. The molecular formula is C19H17FN4O2. The summed E-state index contributed by atoms with van der Waals surface area (Å²) in [6, 6.07) is 14.7. The number of rotatable bonds is 6. The molecule has 0 spiro atoms. The summed E-state index contributed by atoms with van der Waals surface area (Å²) in [5.41, 5.74) is 1.04. The molecule has 6 nitrogen and oxygen atoms in total. The molecule has 0 fully saturated rings. The molecule has 2 aromatic carbocycles. The van der Waals surface area contributed by atoms with Crippen LogP contribution in [0.5, 0.6) is 5.75 Å². The Hall–Kier alpha value is -3.48. The van der Waals surface area contributed by atoms with Gasteiger partial charge in [-0.05, 0) is 43.3 Å². The Morgan fingerprint density at radius 1 is 1.12 bits per heavy atom. The highest BCUT2D eigenvalue weighted by atomic mass is 19.1. The van der Waals surface area contributed by atoms with Gasteiger partial charge in [0, 0.05) is 11.8 Å². The average molecular weight is 352 g/mol. The van der Waals surface area contributed by atoms with Gasteiger partial charge in [0.2, 0.25) is 0 Å². The number of carbonyl (C=O) groups excluding carboxylic acids is 1. The first-order valence-corrected chi connectivity index (χ1v) is 8.03. The van der Waals surface area contributed by atoms with E-state index in [2.05, 4.69) is 20.6 Å². The van der Waals surface area contributed by atoms with E-state index in [0.717, 1.165) is 5.75 Å². The van der Waals surface area contributed by atoms with Crippen LogP contribution in [-0.2, 0) is 0 Å². The Balaban J connectivity index is 1.71. The van der Waals surface area contributed by atoms with Crippen molar-refractivity contribution in [2.75, 3.05) is 17.2 Å². The lowest BCUT2D eigenvalue weighted by Crippen LogP contribution is -2.14. The fourth-order valence-corrected chi connectivity index (χ4v) is 2.25. The summed E-state index contributed by atoms with van der Waals surface area (Å²) in [6.45, 7) is 2.47. The van der Waals surface area contributed by atoms with Crippen molar-refractivity contribution in [3.05, 3.63) is 72.4 Å². The second-order valence-corrected chi connectivity index (χ2v) is 5.30. The highest BCUT2D eigenvalue weighted by Crippen LogP contribution is 2.19. The number of nitrogens with one attached hydrogen (secondary N) is 2. The first-order valence-electron chi connectivity index (χ1n) is 8.03. The van der Waals surface area contributed by atoms with E-state index in [9.17, 15) is 9.18 Å². The molecule has 2 N–H and O–H groups in total. The number of nitrogens with zero attached hydrogens (tertiary/aromatic N) is 2. The number of aromatic nitrogens is 2. The van der Waals surface area contributed by atoms with Gasteiger partial charge in [-0.1, -0.05) is 12.1 Å². The molecular weight excluding hydrogens is 335 g/mol. The van der Waals surface area contributed by atoms with Gasteiger partial charge in [0.05, 0.1) is 12.3 Å². The summed E-state index contributed by atoms with van der Waals surface area (Å²) in [6.07, 6.45) is 1.25. The minimum Gasteiger partial charge on any atom is -0.494 e. The monoisotopic (exact) mass is 352 g/mol. The first-order chi connectivity index (χ1) is 12.7. The van der Waals surface area contributed by atoms with E-state index in [-0.39, 0.29) is 11.4 Å². The van der Waals surface area contributed by atoms with Gasteiger partial charge >= 0.3 is 0 Å². The van der Waals surface area contributed by atoms with Crippen molar-refractivity contribution in [3.63, 3.8) is 0 Å². The lowest BCUT2D eigenvalue weighted by atomic mass is 10.2. The molecule has 0 aliphatic carbocycles. The standard InChI is InChI=1S/C19H17FN4O2/c1-2-26-14-9-7-13(8-10-14)23-19(25)17-11-18(22-12-21-17)24-16-6-4-3-5-15(16)20/h3-12H,2H2,1H3,(H,23,25)(H,21,22,24).